The van der Waals surface area contributed by atoms with Crippen LogP contribution in [0.15, 0.2) is 83.2 Å². The van der Waals surface area contributed by atoms with E-state index in [-0.39, 0.29) is 18.0 Å². The van der Waals surface area contributed by atoms with E-state index in [2.05, 4.69) is 4.98 Å². The topological polar surface area (TPSA) is 68.7 Å². The van der Waals surface area contributed by atoms with Gasteiger partial charge in [0.15, 0.2) is 23.1 Å². The quantitative estimate of drug-likeness (QED) is 0.258. The summed E-state index contributed by atoms with van der Waals surface area (Å²) < 4.78 is 66.7. The summed E-state index contributed by atoms with van der Waals surface area (Å²) in [4.78, 5) is 5.08. The maximum atomic E-state index is 13.9. The van der Waals surface area contributed by atoms with Gasteiger partial charge in [0.25, 0.3) is 0 Å². The fourth-order valence-electron chi connectivity index (χ4n) is 3.53. The lowest BCUT2D eigenvalue weighted by Crippen LogP contribution is -2.30. The lowest BCUT2D eigenvalue weighted by Gasteiger charge is -2.23. The Hall–Kier alpha value is -3.34. The number of nitrogens with zero attached hydrogens (tertiary/aromatic N) is 2. The van der Waals surface area contributed by atoms with E-state index in [1.807, 2.05) is 17.5 Å². The highest BCUT2D eigenvalue weighted by atomic mass is 32.2. The molecule has 0 N–H and O–H groups in total. The molecule has 0 aliphatic heterocycles. The summed E-state index contributed by atoms with van der Waals surface area (Å²) in [7, 11) is -2.68. The smallest absolute Gasteiger partial charge is 0.243 e. The predicted octanol–water partition coefficient (Wildman–Crippen LogP) is 5.44. The van der Waals surface area contributed by atoms with Crippen LogP contribution in [-0.2, 0) is 29.5 Å². The zero-order chi connectivity index (χ0) is 25.5. The number of rotatable bonds is 11. The SMILES string of the molecule is COc1cc(CN(Cc2ccccn2)S(=O)(=O)c2ccc(F)c(F)c2)ccc1OCCc1cccs1. The number of methoxy groups -OCH3 is 1. The second-order valence-electron chi connectivity index (χ2n) is 7.83. The second kappa shape index (κ2) is 11.6. The van der Waals surface area contributed by atoms with E-state index in [0.717, 1.165) is 22.9 Å². The molecule has 0 amide bonds. The molecule has 4 aromatic rings. The Bertz CT molecular complexity index is 1400. The van der Waals surface area contributed by atoms with Crippen molar-refractivity contribution in [2.45, 2.75) is 24.4 Å². The van der Waals surface area contributed by atoms with Gasteiger partial charge in [0, 0.05) is 24.0 Å². The number of hydrogen-bond donors (Lipinski definition) is 0. The Morgan fingerprint density at radius 3 is 2.50 bits per heavy atom. The summed E-state index contributed by atoms with van der Waals surface area (Å²) in [5, 5.41) is 2.01. The molecular formula is C26H24F2N2O4S2. The standard InChI is InChI=1S/C26H24F2N2O4S2/c1-33-26-15-19(7-10-25(26)34-13-11-21-6-4-14-35-21)17-30(18-20-5-2-3-12-29-20)36(31,32)22-8-9-23(27)24(28)16-22/h2-10,12,14-16H,11,13,17-18H2,1H3. The number of ether oxygens (including phenoxy) is 2. The predicted molar refractivity (Wildman–Crippen MR) is 134 cm³/mol. The van der Waals surface area contributed by atoms with Gasteiger partial charge in [-0.15, -0.1) is 11.3 Å². The van der Waals surface area contributed by atoms with E-state index in [1.165, 1.54) is 12.0 Å². The van der Waals surface area contributed by atoms with Crippen molar-refractivity contribution in [3.63, 3.8) is 0 Å². The fourth-order valence-corrected chi connectivity index (χ4v) is 5.64. The van der Waals surface area contributed by atoms with Crippen LogP contribution in [-0.4, -0.2) is 31.4 Å². The number of benzene rings is 2. The van der Waals surface area contributed by atoms with E-state index in [1.54, 1.807) is 53.9 Å². The van der Waals surface area contributed by atoms with E-state index < -0.39 is 21.7 Å². The normalized spacial score (nSPS) is 11.6. The van der Waals surface area contributed by atoms with Crippen LogP contribution in [0.4, 0.5) is 8.78 Å². The highest BCUT2D eigenvalue weighted by molar-refractivity contribution is 7.89. The molecule has 0 atom stereocenters. The Balaban J connectivity index is 1.58. The lowest BCUT2D eigenvalue weighted by molar-refractivity contribution is 0.298. The van der Waals surface area contributed by atoms with Crippen LogP contribution in [0.2, 0.25) is 0 Å². The summed E-state index contributed by atoms with van der Waals surface area (Å²) in [6.07, 6.45) is 2.32. The van der Waals surface area contributed by atoms with E-state index in [0.29, 0.717) is 35.4 Å². The van der Waals surface area contributed by atoms with Gasteiger partial charge in [-0.3, -0.25) is 4.98 Å². The van der Waals surface area contributed by atoms with Crippen molar-refractivity contribution in [1.82, 2.24) is 9.29 Å². The third-order valence-electron chi connectivity index (χ3n) is 5.37. The van der Waals surface area contributed by atoms with Crippen molar-refractivity contribution in [2.75, 3.05) is 13.7 Å². The number of hydrogen-bond acceptors (Lipinski definition) is 6. The molecule has 188 valence electrons. The highest BCUT2D eigenvalue weighted by Crippen LogP contribution is 2.30. The lowest BCUT2D eigenvalue weighted by atomic mass is 10.2. The minimum absolute atomic E-state index is 0.0518. The van der Waals surface area contributed by atoms with E-state index in [9.17, 15) is 17.2 Å². The third-order valence-corrected chi connectivity index (χ3v) is 8.09. The van der Waals surface area contributed by atoms with Crippen molar-refractivity contribution in [2.24, 2.45) is 0 Å². The first-order valence-corrected chi connectivity index (χ1v) is 13.4. The van der Waals surface area contributed by atoms with Crippen LogP contribution >= 0.6 is 11.3 Å². The van der Waals surface area contributed by atoms with E-state index in [4.69, 9.17) is 9.47 Å². The number of aromatic nitrogens is 1. The van der Waals surface area contributed by atoms with Gasteiger partial charge < -0.3 is 9.47 Å². The maximum absolute atomic E-state index is 13.9. The molecule has 2 heterocycles. The summed E-state index contributed by atoms with van der Waals surface area (Å²) in [6.45, 7) is 0.347. The van der Waals surface area contributed by atoms with Crippen LogP contribution < -0.4 is 9.47 Å². The van der Waals surface area contributed by atoms with Gasteiger partial charge in [-0.1, -0.05) is 18.2 Å². The first-order chi connectivity index (χ1) is 17.4. The van der Waals surface area contributed by atoms with Crippen LogP contribution in [0.1, 0.15) is 16.1 Å². The summed E-state index contributed by atoms with van der Waals surface area (Å²) in [5.74, 6) is -1.36. The van der Waals surface area contributed by atoms with Crippen molar-refractivity contribution in [1.29, 1.82) is 0 Å². The average Bonchev–Trinajstić information content (AvgIpc) is 3.40. The molecule has 10 heteroatoms. The summed E-state index contributed by atoms with van der Waals surface area (Å²) in [5.41, 5.74) is 1.13. The maximum Gasteiger partial charge on any atom is 0.243 e. The van der Waals surface area contributed by atoms with E-state index >= 15 is 0 Å². The van der Waals surface area contributed by atoms with Crippen molar-refractivity contribution in [3.05, 3.63) is 106 Å². The molecular weight excluding hydrogens is 506 g/mol. The number of halogens is 2. The third kappa shape index (κ3) is 6.26. The molecule has 0 radical (unpaired) electrons. The minimum Gasteiger partial charge on any atom is -0.493 e. The molecule has 0 unspecified atom stereocenters. The second-order valence-corrected chi connectivity index (χ2v) is 10.8. The molecule has 0 aliphatic rings. The summed E-state index contributed by atoms with van der Waals surface area (Å²) in [6, 6.07) is 16.9. The molecule has 0 saturated heterocycles. The Morgan fingerprint density at radius 2 is 1.81 bits per heavy atom. The molecule has 2 aromatic heterocycles. The van der Waals surface area contributed by atoms with Crippen LogP contribution in [0.5, 0.6) is 11.5 Å². The van der Waals surface area contributed by atoms with Gasteiger partial charge >= 0.3 is 0 Å². The molecule has 0 aliphatic carbocycles. The zero-order valence-corrected chi connectivity index (χ0v) is 21.1. The minimum atomic E-state index is -4.19. The van der Waals surface area contributed by atoms with Gasteiger partial charge in [-0.25, -0.2) is 17.2 Å². The fraction of sp³-hybridized carbons (Fsp3) is 0.192. The first kappa shape index (κ1) is 25.7. The van der Waals surface area contributed by atoms with Gasteiger partial charge in [-0.2, -0.15) is 4.31 Å². The molecule has 0 fully saturated rings. The monoisotopic (exact) mass is 530 g/mol. The highest BCUT2D eigenvalue weighted by Gasteiger charge is 2.27. The number of sulfonamides is 1. The van der Waals surface area contributed by atoms with Crippen molar-refractivity contribution in [3.8, 4) is 11.5 Å². The van der Waals surface area contributed by atoms with Crippen LogP contribution in [0.25, 0.3) is 0 Å². The van der Waals surface area contributed by atoms with Gasteiger partial charge in [0.05, 0.1) is 30.9 Å². The molecule has 0 bridgehead atoms. The molecule has 4 rings (SSSR count). The van der Waals surface area contributed by atoms with Crippen molar-refractivity contribution >= 4 is 21.4 Å². The van der Waals surface area contributed by atoms with Crippen LogP contribution in [0, 0.1) is 11.6 Å². The van der Waals surface area contributed by atoms with Gasteiger partial charge in [0.1, 0.15) is 0 Å². The van der Waals surface area contributed by atoms with Gasteiger partial charge in [0.2, 0.25) is 10.0 Å². The summed E-state index contributed by atoms with van der Waals surface area (Å²) >= 11 is 1.66. The Kier molecular flexibility index (Phi) is 8.29. The number of thiophene rings is 1. The first-order valence-electron chi connectivity index (χ1n) is 11.0. The molecule has 36 heavy (non-hydrogen) atoms. The van der Waals surface area contributed by atoms with Crippen LogP contribution in [0.3, 0.4) is 0 Å². The Morgan fingerprint density at radius 1 is 0.944 bits per heavy atom. The zero-order valence-electron chi connectivity index (χ0n) is 19.4. The Labute approximate surface area is 212 Å². The number of pyridine rings is 1. The largest absolute Gasteiger partial charge is 0.493 e. The van der Waals surface area contributed by atoms with Crippen molar-refractivity contribution < 1.29 is 26.7 Å². The molecule has 0 spiro atoms. The van der Waals surface area contributed by atoms with Gasteiger partial charge in [-0.05, 0) is 59.5 Å². The molecule has 2 aromatic carbocycles. The molecule has 0 saturated carbocycles. The average molecular weight is 531 g/mol. The molecule has 6 nitrogen and oxygen atoms in total.